The molecular weight excluding hydrogens is 342 g/mol. The van der Waals surface area contributed by atoms with E-state index in [1.165, 1.54) is 0 Å². The number of hydrogen-bond acceptors (Lipinski definition) is 4. The first-order valence-electron chi connectivity index (χ1n) is 8.97. The summed E-state index contributed by atoms with van der Waals surface area (Å²) >= 11 is 0. The molecule has 0 heterocycles. The third-order valence-corrected chi connectivity index (χ3v) is 4.40. The van der Waals surface area contributed by atoms with Crippen LogP contribution in [-0.2, 0) is 4.79 Å². The van der Waals surface area contributed by atoms with Crippen LogP contribution in [0.4, 0.5) is 5.69 Å². The number of amides is 2. The average Bonchev–Trinajstić information content (AvgIpc) is 2.67. The van der Waals surface area contributed by atoms with E-state index < -0.39 is 0 Å². The number of anilines is 1. The lowest BCUT2D eigenvalue weighted by Crippen LogP contribution is -2.32. The number of likely N-dealkylation sites (N-methyl/N-ethyl adjacent to an activating group) is 1. The molecule has 2 N–H and O–H groups in total. The first kappa shape index (κ1) is 20.5. The summed E-state index contributed by atoms with van der Waals surface area (Å²) in [5.74, 6) is 0.517. The molecule has 0 aromatic heterocycles. The summed E-state index contributed by atoms with van der Waals surface area (Å²) in [6.07, 6.45) is 0. The van der Waals surface area contributed by atoms with Crippen LogP contribution in [-0.4, -0.2) is 44.0 Å². The Kier molecular flexibility index (Phi) is 7.37. The van der Waals surface area contributed by atoms with Crippen molar-refractivity contribution in [3.8, 4) is 5.75 Å². The molecule has 2 aromatic carbocycles. The second-order valence-corrected chi connectivity index (χ2v) is 6.35. The SMILES string of the molecule is CCNC(=O)c1cccc(NC(=O)CN(C)C(C)c2ccc(OC)cc2)c1. The summed E-state index contributed by atoms with van der Waals surface area (Å²) in [5.41, 5.74) is 2.23. The van der Waals surface area contributed by atoms with Crippen molar-refractivity contribution in [1.29, 1.82) is 0 Å². The number of methoxy groups -OCH3 is 1. The first-order valence-corrected chi connectivity index (χ1v) is 8.97. The quantitative estimate of drug-likeness (QED) is 0.750. The molecule has 2 rings (SSSR count). The van der Waals surface area contributed by atoms with Crippen molar-refractivity contribution in [1.82, 2.24) is 10.2 Å². The van der Waals surface area contributed by atoms with Gasteiger partial charge in [0.05, 0.1) is 13.7 Å². The number of rotatable bonds is 8. The van der Waals surface area contributed by atoms with Crippen LogP contribution >= 0.6 is 0 Å². The van der Waals surface area contributed by atoms with Crippen LogP contribution in [0.3, 0.4) is 0 Å². The van der Waals surface area contributed by atoms with E-state index in [0.717, 1.165) is 11.3 Å². The molecule has 0 saturated carbocycles. The van der Waals surface area contributed by atoms with Gasteiger partial charge in [0.1, 0.15) is 5.75 Å². The van der Waals surface area contributed by atoms with E-state index in [1.807, 2.05) is 50.1 Å². The molecule has 0 aliphatic heterocycles. The van der Waals surface area contributed by atoms with E-state index in [1.54, 1.807) is 31.4 Å². The largest absolute Gasteiger partial charge is 0.497 e. The minimum atomic E-state index is -0.154. The van der Waals surface area contributed by atoms with Gasteiger partial charge in [-0.05, 0) is 56.8 Å². The number of carbonyl (C=O) groups excluding carboxylic acids is 2. The van der Waals surface area contributed by atoms with Crippen molar-refractivity contribution in [3.05, 3.63) is 59.7 Å². The summed E-state index contributed by atoms with van der Waals surface area (Å²) in [6.45, 7) is 4.70. The van der Waals surface area contributed by atoms with Crippen LogP contribution in [0.1, 0.15) is 35.8 Å². The standard InChI is InChI=1S/C21H27N3O3/c1-5-22-21(26)17-7-6-8-18(13-17)23-20(25)14-24(3)15(2)16-9-11-19(27-4)12-10-16/h6-13,15H,5,14H2,1-4H3,(H,22,26)(H,23,25). The average molecular weight is 369 g/mol. The predicted molar refractivity (Wildman–Crippen MR) is 107 cm³/mol. The lowest BCUT2D eigenvalue weighted by atomic mass is 10.1. The third kappa shape index (κ3) is 5.82. The lowest BCUT2D eigenvalue weighted by Gasteiger charge is -2.24. The highest BCUT2D eigenvalue weighted by atomic mass is 16.5. The maximum atomic E-state index is 12.4. The van der Waals surface area contributed by atoms with E-state index in [-0.39, 0.29) is 24.4 Å². The summed E-state index contributed by atoms with van der Waals surface area (Å²) < 4.78 is 5.18. The molecule has 0 spiro atoms. The Hall–Kier alpha value is -2.86. The molecule has 144 valence electrons. The zero-order valence-corrected chi connectivity index (χ0v) is 16.3. The molecule has 6 heteroatoms. The molecule has 2 aromatic rings. The highest BCUT2D eigenvalue weighted by molar-refractivity contribution is 5.97. The zero-order valence-electron chi connectivity index (χ0n) is 16.3. The molecule has 0 aliphatic rings. The number of carbonyl (C=O) groups is 2. The highest BCUT2D eigenvalue weighted by Crippen LogP contribution is 2.21. The summed E-state index contributed by atoms with van der Waals surface area (Å²) in [7, 11) is 3.54. The predicted octanol–water partition coefficient (Wildman–Crippen LogP) is 3.08. The van der Waals surface area contributed by atoms with Crippen LogP contribution in [0.5, 0.6) is 5.75 Å². The second kappa shape index (κ2) is 9.73. The third-order valence-electron chi connectivity index (χ3n) is 4.40. The molecule has 1 atom stereocenters. The van der Waals surface area contributed by atoms with Gasteiger partial charge in [-0.25, -0.2) is 0 Å². The Morgan fingerprint density at radius 1 is 1.15 bits per heavy atom. The minimum absolute atomic E-state index is 0.0725. The summed E-state index contributed by atoms with van der Waals surface area (Å²) in [4.78, 5) is 26.3. The number of benzene rings is 2. The van der Waals surface area contributed by atoms with Crippen molar-refractivity contribution in [2.24, 2.45) is 0 Å². The Balaban J connectivity index is 1.96. The molecule has 2 amide bonds. The first-order chi connectivity index (χ1) is 12.9. The van der Waals surface area contributed by atoms with Crippen LogP contribution in [0.25, 0.3) is 0 Å². The van der Waals surface area contributed by atoms with Gasteiger partial charge < -0.3 is 15.4 Å². The van der Waals surface area contributed by atoms with Gasteiger partial charge in [-0.2, -0.15) is 0 Å². The van der Waals surface area contributed by atoms with Gasteiger partial charge in [-0.1, -0.05) is 18.2 Å². The van der Waals surface area contributed by atoms with E-state index in [2.05, 4.69) is 10.6 Å². The van der Waals surface area contributed by atoms with Gasteiger partial charge in [0.25, 0.3) is 5.91 Å². The topological polar surface area (TPSA) is 70.7 Å². The van der Waals surface area contributed by atoms with Crippen LogP contribution < -0.4 is 15.4 Å². The monoisotopic (exact) mass is 369 g/mol. The van der Waals surface area contributed by atoms with E-state index in [9.17, 15) is 9.59 Å². The van der Waals surface area contributed by atoms with Gasteiger partial charge in [-0.15, -0.1) is 0 Å². The minimum Gasteiger partial charge on any atom is -0.497 e. The fourth-order valence-electron chi connectivity index (χ4n) is 2.70. The molecule has 0 aliphatic carbocycles. The van der Waals surface area contributed by atoms with Gasteiger partial charge >= 0.3 is 0 Å². The van der Waals surface area contributed by atoms with Crippen LogP contribution in [0.15, 0.2) is 48.5 Å². The van der Waals surface area contributed by atoms with Crippen molar-refractivity contribution in [3.63, 3.8) is 0 Å². The van der Waals surface area contributed by atoms with Crippen LogP contribution in [0.2, 0.25) is 0 Å². The van der Waals surface area contributed by atoms with Crippen molar-refractivity contribution in [2.75, 3.05) is 32.6 Å². The molecule has 1 unspecified atom stereocenters. The smallest absolute Gasteiger partial charge is 0.251 e. The summed E-state index contributed by atoms with van der Waals surface area (Å²) in [6, 6.07) is 14.8. The van der Waals surface area contributed by atoms with E-state index >= 15 is 0 Å². The Morgan fingerprint density at radius 3 is 2.48 bits per heavy atom. The maximum absolute atomic E-state index is 12.4. The fraction of sp³-hybridized carbons (Fsp3) is 0.333. The van der Waals surface area contributed by atoms with E-state index in [4.69, 9.17) is 4.74 Å². The van der Waals surface area contributed by atoms with Gasteiger partial charge in [0, 0.05) is 23.8 Å². The number of hydrogen-bond donors (Lipinski definition) is 2. The fourth-order valence-corrected chi connectivity index (χ4v) is 2.70. The second-order valence-electron chi connectivity index (χ2n) is 6.35. The lowest BCUT2D eigenvalue weighted by molar-refractivity contribution is -0.117. The Labute approximate surface area is 160 Å². The number of nitrogens with one attached hydrogen (secondary N) is 2. The van der Waals surface area contributed by atoms with Gasteiger partial charge in [0.2, 0.25) is 5.91 Å². The van der Waals surface area contributed by atoms with Crippen molar-refractivity contribution >= 4 is 17.5 Å². The molecule has 6 nitrogen and oxygen atoms in total. The summed E-state index contributed by atoms with van der Waals surface area (Å²) in [5, 5.41) is 5.60. The van der Waals surface area contributed by atoms with E-state index in [0.29, 0.717) is 17.8 Å². The van der Waals surface area contributed by atoms with Gasteiger partial charge in [0.15, 0.2) is 0 Å². The van der Waals surface area contributed by atoms with Crippen LogP contribution in [0, 0.1) is 0 Å². The molecule has 27 heavy (non-hydrogen) atoms. The molecule has 0 saturated heterocycles. The molecular formula is C21H27N3O3. The molecule has 0 radical (unpaired) electrons. The highest BCUT2D eigenvalue weighted by Gasteiger charge is 2.15. The van der Waals surface area contributed by atoms with Crippen molar-refractivity contribution < 1.29 is 14.3 Å². The van der Waals surface area contributed by atoms with Crippen molar-refractivity contribution in [2.45, 2.75) is 19.9 Å². The number of nitrogens with zero attached hydrogens (tertiary/aromatic N) is 1. The van der Waals surface area contributed by atoms with Gasteiger partial charge in [-0.3, -0.25) is 14.5 Å². The Bertz CT molecular complexity index is 774. The Morgan fingerprint density at radius 2 is 1.85 bits per heavy atom. The normalized spacial score (nSPS) is 11.7. The zero-order chi connectivity index (χ0) is 19.8. The molecule has 0 fully saturated rings. The maximum Gasteiger partial charge on any atom is 0.251 e. The molecule has 0 bridgehead atoms. The number of ether oxygens (including phenoxy) is 1.